The quantitative estimate of drug-likeness (QED) is 0.258. The Morgan fingerprint density at radius 1 is 1.12 bits per heavy atom. The highest BCUT2D eigenvalue weighted by Crippen LogP contribution is 2.41. The predicted molar refractivity (Wildman–Crippen MR) is 160 cm³/mol. The van der Waals surface area contributed by atoms with E-state index in [2.05, 4.69) is 23.4 Å². The average Bonchev–Trinajstić information content (AvgIpc) is 3.54. The number of carbonyl (C=O) groups excluding carboxylic acids is 1. The molecule has 3 saturated heterocycles. The fourth-order valence-electron chi connectivity index (χ4n) is 6.73. The van der Waals surface area contributed by atoms with Crippen molar-refractivity contribution in [2.45, 2.75) is 37.4 Å². The summed E-state index contributed by atoms with van der Waals surface area (Å²) in [4.78, 5) is 28.0. The normalized spacial score (nSPS) is 22.0. The van der Waals surface area contributed by atoms with Crippen LogP contribution in [0.3, 0.4) is 0 Å². The predicted octanol–water partition coefficient (Wildman–Crippen LogP) is 5.99. The van der Waals surface area contributed by atoms with E-state index in [0.29, 0.717) is 43.1 Å². The maximum absolute atomic E-state index is 14.5. The maximum atomic E-state index is 14.5. The lowest BCUT2D eigenvalue weighted by Crippen LogP contribution is -2.63. The van der Waals surface area contributed by atoms with E-state index in [4.69, 9.17) is 26.3 Å². The van der Waals surface area contributed by atoms with Gasteiger partial charge in [0.05, 0.1) is 22.6 Å². The zero-order valence-electron chi connectivity index (χ0n) is 23.2. The Balaban J connectivity index is 1.29. The molecule has 7 rings (SSSR count). The number of aromatic nitrogens is 2. The van der Waals surface area contributed by atoms with E-state index in [1.165, 1.54) is 6.07 Å². The van der Waals surface area contributed by atoms with Crippen molar-refractivity contribution in [3.8, 4) is 17.1 Å². The second kappa shape index (κ2) is 10.5. The summed E-state index contributed by atoms with van der Waals surface area (Å²) >= 11 is 6.45. The van der Waals surface area contributed by atoms with Gasteiger partial charge in [0, 0.05) is 29.9 Å². The topological polar surface area (TPSA) is 61.8 Å². The number of hydrogen-bond donors (Lipinski definition) is 0. The number of benzene rings is 3. The first kappa shape index (κ1) is 27.0. The highest BCUT2D eigenvalue weighted by Gasteiger charge is 2.50. The van der Waals surface area contributed by atoms with Crippen molar-refractivity contribution < 1.29 is 18.3 Å². The summed E-state index contributed by atoms with van der Waals surface area (Å²) < 4.78 is 34.3. The average molecular weight is 590 g/mol. The van der Waals surface area contributed by atoms with E-state index in [0.717, 1.165) is 47.1 Å². The number of nitrogens with zero attached hydrogens (tertiary/aromatic N) is 5. The third-order valence-corrected chi connectivity index (χ3v) is 9.41. The van der Waals surface area contributed by atoms with Crippen molar-refractivity contribution in [2.75, 3.05) is 38.2 Å². The Morgan fingerprint density at radius 3 is 2.76 bits per heavy atom. The van der Waals surface area contributed by atoms with E-state index >= 15 is 0 Å². The van der Waals surface area contributed by atoms with Crippen molar-refractivity contribution in [3.05, 3.63) is 71.8 Å². The minimum atomic E-state index is -0.935. The first-order chi connectivity index (χ1) is 20.3. The zero-order chi connectivity index (χ0) is 29.1. The summed E-state index contributed by atoms with van der Waals surface area (Å²) in [5.41, 5.74) is 2.32. The van der Waals surface area contributed by atoms with E-state index in [-0.39, 0.29) is 23.1 Å². The molecule has 4 heterocycles. The van der Waals surface area contributed by atoms with Gasteiger partial charge < -0.3 is 19.4 Å². The number of rotatable bonds is 6. The first-order valence-corrected chi connectivity index (χ1v) is 14.6. The van der Waals surface area contributed by atoms with Crippen LogP contribution in [0, 0.1) is 5.82 Å². The standard InChI is InChI=1S/C32H30ClF2N5O2/c1-18(34)31(41)39-14-12-26-27(39)16-40(26)30-23-10-8-20(22-7-3-5-19-9-11-24(35)29(33)28(19)22)15-25(23)36-32(37-30)42-17-21-6-4-13-38(21)2/h3,5,7-11,15,21,26-27H,1,4,6,12-14,16-17H2,2H3/t21-,26+,27+/m0/s1. The van der Waals surface area contributed by atoms with Gasteiger partial charge >= 0.3 is 6.01 Å². The molecule has 1 amide bonds. The van der Waals surface area contributed by atoms with Crippen LogP contribution < -0.4 is 9.64 Å². The molecule has 10 heteroatoms. The third kappa shape index (κ3) is 4.46. The number of amides is 1. The van der Waals surface area contributed by atoms with Gasteiger partial charge in [-0.15, -0.1) is 0 Å². The summed E-state index contributed by atoms with van der Waals surface area (Å²) in [7, 11) is 2.09. The Hall–Kier alpha value is -3.82. The second-order valence-electron chi connectivity index (χ2n) is 11.4. The second-order valence-corrected chi connectivity index (χ2v) is 11.8. The Kier molecular flexibility index (Phi) is 6.74. The van der Waals surface area contributed by atoms with Gasteiger partial charge in [0.25, 0.3) is 5.91 Å². The molecule has 7 nitrogen and oxygen atoms in total. The van der Waals surface area contributed by atoms with Crippen LogP contribution in [-0.4, -0.2) is 77.1 Å². The van der Waals surface area contributed by atoms with Gasteiger partial charge in [-0.2, -0.15) is 9.97 Å². The summed E-state index contributed by atoms with van der Waals surface area (Å²) in [6, 6.07) is 15.2. The largest absolute Gasteiger partial charge is 0.462 e. The molecule has 42 heavy (non-hydrogen) atoms. The van der Waals surface area contributed by atoms with Crippen LogP contribution in [0.4, 0.5) is 14.6 Å². The van der Waals surface area contributed by atoms with Gasteiger partial charge in [0.15, 0.2) is 5.83 Å². The molecule has 0 bridgehead atoms. The highest BCUT2D eigenvalue weighted by atomic mass is 35.5. The van der Waals surface area contributed by atoms with Crippen LogP contribution in [0.1, 0.15) is 19.3 Å². The van der Waals surface area contributed by atoms with Gasteiger partial charge in [-0.05, 0) is 67.6 Å². The van der Waals surface area contributed by atoms with E-state index < -0.39 is 17.6 Å². The molecule has 1 aromatic heterocycles. The van der Waals surface area contributed by atoms with Gasteiger partial charge in [0.2, 0.25) is 0 Å². The molecule has 3 aromatic carbocycles. The molecule has 0 spiro atoms. The number of likely N-dealkylation sites (tertiary alicyclic amines) is 2. The number of fused-ring (bicyclic) bond motifs is 3. The van der Waals surface area contributed by atoms with Crippen molar-refractivity contribution in [2.24, 2.45) is 0 Å². The maximum Gasteiger partial charge on any atom is 0.319 e. The van der Waals surface area contributed by atoms with Crippen molar-refractivity contribution >= 4 is 45.0 Å². The number of likely N-dealkylation sites (N-methyl/N-ethyl adjacent to an activating group) is 1. The molecule has 0 unspecified atom stereocenters. The molecule has 4 aromatic rings. The Bertz CT molecular complexity index is 1750. The Morgan fingerprint density at radius 2 is 1.98 bits per heavy atom. The summed E-state index contributed by atoms with van der Waals surface area (Å²) in [6.45, 7) is 5.70. The van der Waals surface area contributed by atoms with Crippen LogP contribution in [0.5, 0.6) is 6.01 Å². The van der Waals surface area contributed by atoms with Gasteiger partial charge in [-0.25, -0.2) is 8.78 Å². The number of ether oxygens (including phenoxy) is 1. The molecule has 0 aliphatic carbocycles. The monoisotopic (exact) mass is 589 g/mol. The van der Waals surface area contributed by atoms with Gasteiger partial charge in [-0.3, -0.25) is 4.79 Å². The number of carbonyl (C=O) groups is 1. The number of halogens is 3. The smallest absolute Gasteiger partial charge is 0.319 e. The molecule has 0 saturated carbocycles. The lowest BCUT2D eigenvalue weighted by molar-refractivity contribution is -0.130. The Labute approximate surface area is 247 Å². The SMILES string of the molecule is C=C(F)C(=O)N1CC[C@@H]2[C@H]1CN2c1nc(OC[C@@H]2CCCN2C)nc2cc(-c3cccc4ccc(F)c(Cl)c34)ccc12. The molecule has 3 aliphatic rings. The number of hydrogen-bond acceptors (Lipinski definition) is 6. The third-order valence-electron chi connectivity index (χ3n) is 9.04. The fraction of sp³-hybridized carbons (Fsp3) is 0.344. The van der Waals surface area contributed by atoms with Gasteiger partial charge in [0.1, 0.15) is 18.2 Å². The molecule has 3 fully saturated rings. The molecular weight excluding hydrogens is 560 g/mol. The summed E-state index contributed by atoms with van der Waals surface area (Å²) in [5, 5.41) is 2.40. The fourth-order valence-corrected chi connectivity index (χ4v) is 7.00. The lowest BCUT2D eigenvalue weighted by atomic mass is 9.95. The molecule has 3 atom stereocenters. The lowest BCUT2D eigenvalue weighted by Gasteiger charge is -2.47. The van der Waals surface area contributed by atoms with Crippen LogP contribution in [-0.2, 0) is 4.79 Å². The van der Waals surface area contributed by atoms with Gasteiger partial charge in [-0.1, -0.05) is 48.5 Å². The van der Waals surface area contributed by atoms with E-state index in [9.17, 15) is 13.6 Å². The molecule has 3 aliphatic heterocycles. The first-order valence-electron chi connectivity index (χ1n) is 14.2. The van der Waals surface area contributed by atoms with Crippen molar-refractivity contribution in [1.29, 1.82) is 0 Å². The minimum Gasteiger partial charge on any atom is -0.462 e. The molecule has 0 N–H and O–H groups in total. The summed E-state index contributed by atoms with van der Waals surface area (Å²) in [6.07, 6.45) is 2.89. The van der Waals surface area contributed by atoms with E-state index in [1.54, 1.807) is 11.0 Å². The molecule has 0 radical (unpaired) electrons. The van der Waals surface area contributed by atoms with Crippen molar-refractivity contribution in [3.63, 3.8) is 0 Å². The molecular formula is C32H30ClF2N5O2. The highest BCUT2D eigenvalue weighted by molar-refractivity contribution is 6.36. The van der Waals surface area contributed by atoms with Crippen LogP contribution >= 0.6 is 11.6 Å². The number of anilines is 1. The van der Waals surface area contributed by atoms with E-state index in [1.807, 2.05) is 36.4 Å². The zero-order valence-corrected chi connectivity index (χ0v) is 24.0. The van der Waals surface area contributed by atoms with Crippen molar-refractivity contribution in [1.82, 2.24) is 19.8 Å². The molecule has 216 valence electrons. The van der Waals surface area contributed by atoms with Crippen LogP contribution in [0.15, 0.2) is 60.9 Å². The van der Waals surface area contributed by atoms with Crippen LogP contribution in [0.25, 0.3) is 32.8 Å². The summed E-state index contributed by atoms with van der Waals surface area (Å²) in [5.74, 6) is -1.33. The van der Waals surface area contributed by atoms with Crippen LogP contribution in [0.2, 0.25) is 5.02 Å². The minimum absolute atomic E-state index is 0.0136.